The Morgan fingerprint density at radius 1 is 1.16 bits per heavy atom. The van der Waals surface area contributed by atoms with Gasteiger partial charge in [0.25, 0.3) is 5.56 Å². The molecule has 0 fully saturated rings. The molecule has 0 saturated heterocycles. The van der Waals surface area contributed by atoms with Gasteiger partial charge in [0.15, 0.2) is 5.65 Å². The normalized spacial score (nSPS) is 10.7. The van der Waals surface area contributed by atoms with Crippen LogP contribution in [0.15, 0.2) is 40.1 Å². The summed E-state index contributed by atoms with van der Waals surface area (Å²) in [7, 11) is 2.89. The smallest absolute Gasteiger partial charge is 0.338 e. The van der Waals surface area contributed by atoms with Crippen LogP contribution in [-0.2, 0) is 23.1 Å². The lowest BCUT2D eigenvalue weighted by Crippen LogP contribution is -2.42. The van der Waals surface area contributed by atoms with Gasteiger partial charge >= 0.3 is 11.7 Å². The SMILES string of the molecule is CCOC(=O)c1ccc(NC(=O)Cn2c(=O)c3c(OC)c(C)cnc3n(C)c2=O)cc1. The molecule has 1 amide bonds. The van der Waals surface area contributed by atoms with Gasteiger partial charge in [-0.2, -0.15) is 0 Å². The molecule has 3 aromatic rings. The fraction of sp³-hybridized carbons (Fsp3) is 0.286. The molecule has 2 aromatic heterocycles. The molecule has 0 spiro atoms. The Morgan fingerprint density at radius 2 is 1.84 bits per heavy atom. The van der Waals surface area contributed by atoms with Crippen molar-refractivity contribution < 1.29 is 19.1 Å². The number of nitrogens with one attached hydrogen (secondary N) is 1. The monoisotopic (exact) mass is 426 g/mol. The number of benzene rings is 1. The number of methoxy groups -OCH3 is 1. The van der Waals surface area contributed by atoms with E-state index in [1.165, 1.54) is 49.2 Å². The summed E-state index contributed by atoms with van der Waals surface area (Å²) in [5.74, 6) is -0.749. The first-order valence-corrected chi connectivity index (χ1v) is 9.48. The Labute approximate surface area is 177 Å². The van der Waals surface area contributed by atoms with Crippen LogP contribution in [0, 0.1) is 6.92 Å². The maximum Gasteiger partial charge on any atom is 0.338 e. The Morgan fingerprint density at radius 3 is 2.45 bits per heavy atom. The molecule has 1 aromatic carbocycles. The number of anilines is 1. The highest BCUT2D eigenvalue weighted by molar-refractivity contribution is 5.93. The molecule has 3 rings (SSSR count). The molecule has 2 heterocycles. The van der Waals surface area contributed by atoms with Crippen molar-refractivity contribution in [3.63, 3.8) is 0 Å². The van der Waals surface area contributed by atoms with Gasteiger partial charge in [0.1, 0.15) is 17.7 Å². The summed E-state index contributed by atoms with van der Waals surface area (Å²) in [4.78, 5) is 54.1. The van der Waals surface area contributed by atoms with Gasteiger partial charge in [-0.1, -0.05) is 0 Å². The van der Waals surface area contributed by atoms with Crippen LogP contribution in [0.1, 0.15) is 22.8 Å². The third-order valence-corrected chi connectivity index (χ3v) is 4.67. The summed E-state index contributed by atoms with van der Waals surface area (Å²) in [6, 6.07) is 6.08. The molecule has 0 unspecified atom stereocenters. The Hall–Kier alpha value is -3.95. The molecule has 31 heavy (non-hydrogen) atoms. The topological polar surface area (TPSA) is 122 Å². The van der Waals surface area contributed by atoms with Crippen LogP contribution in [0.25, 0.3) is 11.0 Å². The molecular formula is C21H22N4O6. The largest absolute Gasteiger partial charge is 0.495 e. The van der Waals surface area contributed by atoms with E-state index in [0.717, 1.165) is 4.57 Å². The van der Waals surface area contributed by atoms with Crippen LogP contribution in [0.5, 0.6) is 5.75 Å². The number of hydrogen-bond donors (Lipinski definition) is 1. The lowest BCUT2D eigenvalue weighted by atomic mass is 10.2. The average molecular weight is 426 g/mol. The summed E-state index contributed by atoms with van der Waals surface area (Å²) < 4.78 is 12.3. The minimum absolute atomic E-state index is 0.121. The van der Waals surface area contributed by atoms with Crippen molar-refractivity contribution in [3.05, 3.63) is 62.4 Å². The number of esters is 1. The Kier molecular flexibility index (Phi) is 6.19. The minimum Gasteiger partial charge on any atom is -0.495 e. The molecule has 0 aliphatic carbocycles. The van der Waals surface area contributed by atoms with Crippen LogP contribution in [0.3, 0.4) is 0 Å². The van der Waals surface area contributed by atoms with Crippen LogP contribution in [0.4, 0.5) is 5.69 Å². The molecule has 1 N–H and O–H groups in total. The van der Waals surface area contributed by atoms with E-state index in [1.54, 1.807) is 13.8 Å². The van der Waals surface area contributed by atoms with Crippen molar-refractivity contribution in [1.29, 1.82) is 0 Å². The van der Waals surface area contributed by atoms with Crippen molar-refractivity contribution in [2.45, 2.75) is 20.4 Å². The lowest BCUT2D eigenvalue weighted by Gasteiger charge is -2.13. The van der Waals surface area contributed by atoms with Crippen molar-refractivity contribution in [2.75, 3.05) is 19.0 Å². The number of rotatable bonds is 6. The van der Waals surface area contributed by atoms with Gasteiger partial charge in [0.05, 0.1) is 19.3 Å². The Bertz CT molecular complexity index is 1270. The van der Waals surface area contributed by atoms with E-state index in [4.69, 9.17) is 9.47 Å². The molecular weight excluding hydrogens is 404 g/mol. The maximum absolute atomic E-state index is 13.0. The summed E-state index contributed by atoms with van der Waals surface area (Å²) in [6.45, 7) is 3.19. The van der Waals surface area contributed by atoms with E-state index in [9.17, 15) is 19.2 Å². The number of nitrogens with zero attached hydrogens (tertiary/aromatic N) is 3. The second-order valence-electron chi connectivity index (χ2n) is 6.75. The fourth-order valence-corrected chi connectivity index (χ4v) is 3.17. The van der Waals surface area contributed by atoms with Crippen LogP contribution in [0.2, 0.25) is 0 Å². The zero-order valence-electron chi connectivity index (χ0n) is 17.6. The zero-order valence-corrected chi connectivity index (χ0v) is 17.6. The summed E-state index contributed by atoms with van der Waals surface area (Å²) in [6.07, 6.45) is 1.51. The maximum atomic E-state index is 13.0. The van der Waals surface area contributed by atoms with Crippen LogP contribution >= 0.6 is 0 Å². The molecule has 0 aliphatic rings. The van der Waals surface area contributed by atoms with Crippen molar-refractivity contribution in [2.24, 2.45) is 7.05 Å². The number of aromatic nitrogens is 3. The predicted octanol–water partition coefficient (Wildman–Crippen LogP) is 1.23. The van der Waals surface area contributed by atoms with Gasteiger partial charge in [-0.15, -0.1) is 0 Å². The standard InChI is InChI=1S/C21H22N4O6/c1-5-31-20(28)13-6-8-14(9-7-13)23-15(26)11-25-19(27)16-17(30-4)12(2)10-22-18(16)24(3)21(25)29/h6-10H,5,11H2,1-4H3,(H,23,26). The highest BCUT2D eigenvalue weighted by Crippen LogP contribution is 2.23. The number of fused-ring (bicyclic) bond motifs is 1. The average Bonchev–Trinajstić information content (AvgIpc) is 2.75. The van der Waals surface area contributed by atoms with Crippen molar-refractivity contribution >= 4 is 28.6 Å². The van der Waals surface area contributed by atoms with Gasteiger partial charge < -0.3 is 14.8 Å². The summed E-state index contributed by atoms with van der Waals surface area (Å²) in [5, 5.41) is 2.73. The predicted molar refractivity (Wildman–Crippen MR) is 114 cm³/mol. The number of hydrogen-bond acceptors (Lipinski definition) is 7. The molecule has 0 bridgehead atoms. The van der Waals surface area contributed by atoms with E-state index in [1.807, 2.05) is 0 Å². The van der Waals surface area contributed by atoms with Gasteiger partial charge in [-0.3, -0.25) is 14.2 Å². The van der Waals surface area contributed by atoms with Crippen molar-refractivity contribution in [1.82, 2.24) is 14.1 Å². The minimum atomic E-state index is -0.677. The molecule has 0 saturated carbocycles. The van der Waals surface area contributed by atoms with Crippen LogP contribution in [-0.4, -0.2) is 39.7 Å². The van der Waals surface area contributed by atoms with E-state index in [2.05, 4.69) is 10.3 Å². The van der Waals surface area contributed by atoms with Gasteiger partial charge in [-0.25, -0.2) is 19.1 Å². The molecule has 162 valence electrons. The van der Waals surface area contributed by atoms with Crippen LogP contribution < -0.4 is 21.3 Å². The molecule has 10 nitrogen and oxygen atoms in total. The molecule has 0 atom stereocenters. The molecule has 10 heteroatoms. The van der Waals surface area contributed by atoms with Gasteiger partial charge in [-0.05, 0) is 38.1 Å². The first kappa shape index (κ1) is 21.8. The van der Waals surface area contributed by atoms with E-state index in [0.29, 0.717) is 22.6 Å². The highest BCUT2D eigenvalue weighted by atomic mass is 16.5. The number of aryl methyl sites for hydroxylation is 2. The second kappa shape index (κ2) is 8.82. The number of pyridine rings is 1. The Balaban J connectivity index is 1.91. The van der Waals surface area contributed by atoms with E-state index < -0.39 is 29.7 Å². The van der Waals surface area contributed by atoms with Gasteiger partial charge in [0.2, 0.25) is 5.91 Å². The summed E-state index contributed by atoms with van der Waals surface area (Å²) in [5.41, 5.74) is 0.197. The third-order valence-electron chi connectivity index (χ3n) is 4.67. The highest BCUT2D eigenvalue weighted by Gasteiger charge is 2.19. The second-order valence-corrected chi connectivity index (χ2v) is 6.75. The number of amides is 1. The third kappa shape index (κ3) is 4.18. The fourth-order valence-electron chi connectivity index (χ4n) is 3.17. The van der Waals surface area contributed by atoms with E-state index in [-0.39, 0.29) is 17.6 Å². The summed E-state index contributed by atoms with van der Waals surface area (Å²) >= 11 is 0. The zero-order chi connectivity index (χ0) is 22.7. The first-order valence-electron chi connectivity index (χ1n) is 9.48. The van der Waals surface area contributed by atoms with E-state index >= 15 is 0 Å². The quantitative estimate of drug-likeness (QED) is 0.588. The van der Waals surface area contributed by atoms with Gasteiger partial charge in [0, 0.05) is 24.5 Å². The van der Waals surface area contributed by atoms with Crippen molar-refractivity contribution in [3.8, 4) is 5.75 Å². The molecule has 0 aliphatic heterocycles. The molecule has 0 radical (unpaired) electrons. The number of carbonyl (C=O) groups is 2. The lowest BCUT2D eigenvalue weighted by molar-refractivity contribution is -0.116. The number of carbonyl (C=O) groups excluding carboxylic acids is 2. The first-order chi connectivity index (χ1) is 14.8. The number of ether oxygens (including phenoxy) is 2.